The molecule has 7 heteroatoms. The molecule has 2 aliphatic heterocycles. The Morgan fingerprint density at radius 3 is 2.88 bits per heavy atom. The summed E-state index contributed by atoms with van der Waals surface area (Å²) in [5.41, 5.74) is 1.14. The Bertz CT molecular complexity index is 608. The molecule has 1 fully saturated rings. The molecule has 0 atom stereocenters. The number of rotatable bonds is 6. The Morgan fingerprint density at radius 1 is 1.12 bits per heavy atom. The summed E-state index contributed by atoms with van der Waals surface area (Å²) in [5.74, 6) is 2.46. The van der Waals surface area contributed by atoms with E-state index in [1.165, 1.54) is 32.6 Å². The minimum atomic E-state index is 0.308. The van der Waals surface area contributed by atoms with Crippen LogP contribution in [0.2, 0.25) is 0 Å². The van der Waals surface area contributed by atoms with Gasteiger partial charge in [0.15, 0.2) is 17.5 Å². The lowest BCUT2D eigenvalue weighted by atomic mass is 10.2. The maximum Gasteiger partial charge on any atom is 0.231 e. The van der Waals surface area contributed by atoms with Gasteiger partial charge in [0.1, 0.15) is 0 Å². The first kappa shape index (κ1) is 18.8. The summed E-state index contributed by atoms with van der Waals surface area (Å²) in [5, 5.41) is 6.76. The smallest absolute Gasteiger partial charge is 0.231 e. The standard InChI is InChI=1S/C19H31N5O2/c1-20-19(21-7-3-9-24-10-4-8-23(2)11-12-24)22-14-16-5-6-17-18(13-16)26-15-25-17/h5-6,13H,3-4,7-12,14-15H2,1-2H3,(H2,20,21,22). The first-order valence-corrected chi connectivity index (χ1v) is 9.48. The number of aliphatic imine (C=N–C) groups is 1. The summed E-state index contributed by atoms with van der Waals surface area (Å²) in [6.07, 6.45) is 2.39. The van der Waals surface area contributed by atoms with Crippen molar-refractivity contribution in [1.82, 2.24) is 20.4 Å². The van der Waals surface area contributed by atoms with Crippen LogP contribution in [-0.2, 0) is 6.54 Å². The van der Waals surface area contributed by atoms with Crippen LogP contribution in [0.5, 0.6) is 11.5 Å². The zero-order chi connectivity index (χ0) is 18.2. The van der Waals surface area contributed by atoms with Crippen LogP contribution < -0.4 is 20.1 Å². The van der Waals surface area contributed by atoms with E-state index < -0.39 is 0 Å². The molecule has 0 aromatic heterocycles. The van der Waals surface area contributed by atoms with Gasteiger partial charge in [-0.2, -0.15) is 0 Å². The van der Waals surface area contributed by atoms with Crippen molar-refractivity contribution in [2.45, 2.75) is 19.4 Å². The molecule has 0 bridgehead atoms. The van der Waals surface area contributed by atoms with E-state index in [0.29, 0.717) is 13.3 Å². The summed E-state index contributed by atoms with van der Waals surface area (Å²) in [6, 6.07) is 6.01. The van der Waals surface area contributed by atoms with Crippen LogP contribution in [0.4, 0.5) is 0 Å². The minimum Gasteiger partial charge on any atom is -0.454 e. The summed E-state index contributed by atoms with van der Waals surface area (Å²) < 4.78 is 10.8. The number of benzene rings is 1. The molecule has 2 N–H and O–H groups in total. The lowest BCUT2D eigenvalue weighted by Gasteiger charge is -2.20. The highest BCUT2D eigenvalue weighted by Crippen LogP contribution is 2.32. The molecular weight excluding hydrogens is 330 g/mol. The van der Waals surface area contributed by atoms with Gasteiger partial charge < -0.3 is 29.9 Å². The summed E-state index contributed by atoms with van der Waals surface area (Å²) >= 11 is 0. The summed E-state index contributed by atoms with van der Waals surface area (Å²) in [7, 11) is 4.01. The number of likely N-dealkylation sites (N-methyl/N-ethyl adjacent to an activating group) is 1. The van der Waals surface area contributed by atoms with Crippen LogP contribution in [0, 0.1) is 0 Å². The molecular formula is C19H31N5O2. The minimum absolute atomic E-state index is 0.308. The lowest BCUT2D eigenvalue weighted by Crippen LogP contribution is -2.38. The molecule has 1 saturated heterocycles. The molecule has 144 valence electrons. The van der Waals surface area contributed by atoms with Gasteiger partial charge in [-0.3, -0.25) is 4.99 Å². The van der Waals surface area contributed by atoms with E-state index in [-0.39, 0.29) is 0 Å². The Hall–Kier alpha value is -1.99. The van der Waals surface area contributed by atoms with Gasteiger partial charge in [-0.1, -0.05) is 6.07 Å². The van der Waals surface area contributed by atoms with Crippen molar-refractivity contribution >= 4 is 5.96 Å². The van der Waals surface area contributed by atoms with Crippen LogP contribution >= 0.6 is 0 Å². The number of guanidine groups is 1. The number of hydrogen-bond acceptors (Lipinski definition) is 5. The van der Waals surface area contributed by atoms with Gasteiger partial charge in [0.2, 0.25) is 6.79 Å². The predicted molar refractivity (Wildman–Crippen MR) is 104 cm³/mol. The van der Waals surface area contributed by atoms with Gasteiger partial charge in [0.05, 0.1) is 0 Å². The molecule has 0 saturated carbocycles. The molecule has 0 aliphatic carbocycles. The fourth-order valence-electron chi connectivity index (χ4n) is 3.29. The normalized spacial score (nSPS) is 18.6. The highest BCUT2D eigenvalue weighted by atomic mass is 16.7. The monoisotopic (exact) mass is 361 g/mol. The zero-order valence-electron chi connectivity index (χ0n) is 16.0. The predicted octanol–water partition coefficient (Wildman–Crippen LogP) is 1.11. The van der Waals surface area contributed by atoms with E-state index in [0.717, 1.165) is 42.5 Å². The Morgan fingerprint density at radius 2 is 2.00 bits per heavy atom. The zero-order valence-corrected chi connectivity index (χ0v) is 16.0. The van der Waals surface area contributed by atoms with Crippen molar-refractivity contribution in [1.29, 1.82) is 0 Å². The van der Waals surface area contributed by atoms with Crippen molar-refractivity contribution in [3.05, 3.63) is 23.8 Å². The van der Waals surface area contributed by atoms with Crippen LogP contribution in [0.1, 0.15) is 18.4 Å². The molecule has 1 aromatic carbocycles. The molecule has 1 aromatic rings. The van der Waals surface area contributed by atoms with Gasteiger partial charge in [-0.25, -0.2) is 0 Å². The van der Waals surface area contributed by atoms with Crippen molar-refractivity contribution in [3.8, 4) is 11.5 Å². The van der Waals surface area contributed by atoms with Gasteiger partial charge in [-0.15, -0.1) is 0 Å². The van der Waals surface area contributed by atoms with Crippen LogP contribution in [0.3, 0.4) is 0 Å². The third-order valence-electron chi connectivity index (χ3n) is 4.88. The fourth-order valence-corrected chi connectivity index (χ4v) is 3.29. The van der Waals surface area contributed by atoms with Crippen LogP contribution in [-0.4, -0.2) is 75.9 Å². The molecule has 3 rings (SSSR count). The number of ether oxygens (including phenoxy) is 2. The number of nitrogens with zero attached hydrogens (tertiary/aromatic N) is 3. The van der Waals surface area contributed by atoms with E-state index in [1.54, 1.807) is 7.05 Å². The van der Waals surface area contributed by atoms with Gasteiger partial charge in [-0.05, 0) is 57.2 Å². The highest BCUT2D eigenvalue weighted by Gasteiger charge is 2.13. The second-order valence-corrected chi connectivity index (χ2v) is 6.89. The van der Waals surface area contributed by atoms with E-state index in [4.69, 9.17) is 9.47 Å². The van der Waals surface area contributed by atoms with Crippen molar-refractivity contribution in [2.75, 3.05) is 60.2 Å². The number of nitrogens with one attached hydrogen (secondary N) is 2. The van der Waals surface area contributed by atoms with Crippen molar-refractivity contribution in [2.24, 2.45) is 4.99 Å². The Labute approximate surface area is 156 Å². The fraction of sp³-hybridized carbons (Fsp3) is 0.632. The Balaban J connectivity index is 1.34. The first-order valence-electron chi connectivity index (χ1n) is 9.48. The quantitative estimate of drug-likeness (QED) is 0.450. The number of fused-ring (bicyclic) bond motifs is 1. The molecule has 26 heavy (non-hydrogen) atoms. The molecule has 2 heterocycles. The largest absolute Gasteiger partial charge is 0.454 e. The first-order chi connectivity index (χ1) is 12.7. The van der Waals surface area contributed by atoms with E-state index in [1.807, 2.05) is 18.2 Å². The third-order valence-corrected chi connectivity index (χ3v) is 4.88. The topological polar surface area (TPSA) is 61.4 Å². The Kier molecular flexibility index (Phi) is 6.96. The van der Waals surface area contributed by atoms with Gasteiger partial charge in [0, 0.05) is 33.2 Å². The van der Waals surface area contributed by atoms with Crippen molar-refractivity contribution < 1.29 is 9.47 Å². The highest BCUT2D eigenvalue weighted by molar-refractivity contribution is 5.79. The second-order valence-electron chi connectivity index (χ2n) is 6.89. The average molecular weight is 361 g/mol. The molecule has 0 spiro atoms. The molecule has 7 nitrogen and oxygen atoms in total. The van der Waals surface area contributed by atoms with Crippen LogP contribution in [0.15, 0.2) is 23.2 Å². The summed E-state index contributed by atoms with van der Waals surface area (Å²) in [4.78, 5) is 9.28. The summed E-state index contributed by atoms with van der Waals surface area (Å²) in [6.45, 7) is 7.84. The molecule has 0 amide bonds. The molecule has 0 unspecified atom stereocenters. The third kappa shape index (κ3) is 5.51. The average Bonchev–Trinajstić information content (AvgIpc) is 3.02. The van der Waals surface area contributed by atoms with E-state index in [9.17, 15) is 0 Å². The van der Waals surface area contributed by atoms with Gasteiger partial charge in [0.25, 0.3) is 0 Å². The van der Waals surface area contributed by atoms with Crippen molar-refractivity contribution in [3.63, 3.8) is 0 Å². The number of hydrogen-bond donors (Lipinski definition) is 2. The maximum atomic E-state index is 5.42. The second kappa shape index (κ2) is 9.64. The lowest BCUT2D eigenvalue weighted by molar-refractivity contribution is 0.174. The van der Waals surface area contributed by atoms with E-state index >= 15 is 0 Å². The van der Waals surface area contributed by atoms with Gasteiger partial charge >= 0.3 is 0 Å². The molecule has 0 radical (unpaired) electrons. The SMILES string of the molecule is CN=C(NCCCN1CCCN(C)CC1)NCc1ccc2c(c1)OCO2. The van der Waals surface area contributed by atoms with Crippen LogP contribution in [0.25, 0.3) is 0 Å². The molecule has 2 aliphatic rings. The maximum absolute atomic E-state index is 5.42. The van der Waals surface area contributed by atoms with E-state index in [2.05, 4.69) is 32.5 Å².